The molecule has 2 unspecified atom stereocenters. The second-order valence-electron chi connectivity index (χ2n) is 8.12. The smallest absolute Gasteiger partial charge is 0.309 e. The third-order valence-electron chi connectivity index (χ3n) is 5.50. The number of hydrogen-bond donors (Lipinski definition) is 1. The van der Waals surface area contributed by atoms with E-state index in [2.05, 4.69) is 6.92 Å². The molecular weight excluding hydrogens is 344 g/mol. The maximum atomic E-state index is 12.1. The minimum atomic E-state index is -1.04. The molecule has 1 N–H and O–H groups in total. The third kappa shape index (κ3) is 10.1. The monoisotopic (exact) mass is 384 g/mol. The van der Waals surface area contributed by atoms with Crippen molar-refractivity contribution < 1.29 is 24.2 Å². The third-order valence-corrected chi connectivity index (χ3v) is 5.50. The first kappa shape index (κ1) is 23.9. The molecule has 158 valence electrons. The molecule has 0 radical (unpaired) electrons. The van der Waals surface area contributed by atoms with E-state index in [4.69, 9.17) is 9.47 Å². The molecule has 1 heterocycles. The zero-order chi connectivity index (χ0) is 20.0. The van der Waals surface area contributed by atoms with Gasteiger partial charge in [0.2, 0.25) is 0 Å². The van der Waals surface area contributed by atoms with Crippen molar-refractivity contribution in [2.24, 2.45) is 5.92 Å². The van der Waals surface area contributed by atoms with Gasteiger partial charge in [0.25, 0.3) is 0 Å². The molecule has 2 atom stereocenters. The summed E-state index contributed by atoms with van der Waals surface area (Å²) in [4.78, 5) is 23.0. The molecule has 0 aromatic heterocycles. The topological polar surface area (TPSA) is 72.8 Å². The van der Waals surface area contributed by atoms with Gasteiger partial charge in [0.05, 0.1) is 12.5 Å². The van der Waals surface area contributed by atoms with Gasteiger partial charge in [-0.2, -0.15) is 0 Å². The van der Waals surface area contributed by atoms with Crippen LogP contribution in [0.1, 0.15) is 104 Å². The number of carbonyl (C=O) groups is 2. The fourth-order valence-corrected chi connectivity index (χ4v) is 3.79. The van der Waals surface area contributed by atoms with Crippen LogP contribution in [-0.2, 0) is 19.1 Å². The zero-order valence-corrected chi connectivity index (χ0v) is 17.5. The van der Waals surface area contributed by atoms with E-state index in [1.54, 1.807) is 0 Å². The van der Waals surface area contributed by atoms with E-state index in [1.165, 1.54) is 71.1 Å². The summed E-state index contributed by atoms with van der Waals surface area (Å²) in [6, 6.07) is 0. The highest BCUT2D eigenvalue weighted by atomic mass is 16.6. The molecular formula is C22H40O5. The Hall–Kier alpha value is -1.10. The number of rotatable bonds is 16. The summed E-state index contributed by atoms with van der Waals surface area (Å²) in [6.45, 7) is 3.20. The van der Waals surface area contributed by atoms with E-state index < -0.39 is 11.6 Å². The average molecular weight is 385 g/mol. The Balaban J connectivity index is 2.04. The normalized spacial score (nSPS) is 22.0. The van der Waals surface area contributed by atoms with Crippen molar-refractivity contribution in [2.75, 3.05) is 13.2 Å². The quantitative estimate of drug-likeness (QED) is 0.301. The van der Waals surface area contributed by atoms with E-state index in [9.17, 15) is 14.7 Å². The largest absolute Gasteiger partial charge is 0.462 e. The van der Waals surface area contributed by atoms with Crippen molar-refractivity contribution >= 4 is 11.9 Å². The predicted molar refractivity (Wildman–Crippen MR) is 106 cm³/mol. The lowest BCUT2D eigenvalue weighted by molar-refractivity contribution is -0.166. The molecule has 1 saturated heterocycles. The van der Waals surface area contributed by atoms with Crippen LogP contribution in [0.4, 0.5) is 0 Å². The van der Waals surface area contributed by atoms with Crippen molar-refractivity contribution in [3.8, 4) is 0 Å². The lowest BCUT2D eigenvalue weighted by Crippen LogP contribution is -2.39. The molecule has 0 spiro atoms. The molecule has 1 aliphatic heterocycles. The number of aliphatic hydroxyl groups excluding tert-OH is 1. The van der Waals surface area contributed by atoms with Crippen LogP contribution in [0.5, 0.6) is 0 Å². The lowest BCUT2D eigenvalue weighted by Gasteiger charge is -2.24. The van der Waals surface area contributed by atoms with E-state index >= 15 is 0 Å². The van der Waals surface area contributed by atoms with Gasteiger partial charge in [0, 0.05) is 13.3 Å². The van der Waals surface area contributed by atoms with Crippen LogP contribution in [0.15, 0.2) is 0 Å². The Morgan fingerprint density at radius 3 is 2.04 bits per heavy atom. The number of carbonyl (C=O) groups excluding carboxylic acids is 2. The molecule has 0 amide bonds. The maximum absolute atomic E-state index is 12.1. The van der Waals surface area contributed by atoms with Gasteiger partial charge in [-0.15, -0.1) is 0 Å². The van der Waals surface area contributed by atoms with Crippen molar-refractivity contribution in [3.05, 3.63) is 0 Å². The van der Waals surface area contributed by atoms with Gasteiger partial charge in [0.1, 0.15) is 6.61 Å². The molecule has 5 nitrogen and oxygen atoms in total. The molecule has 0 aliphatic carbocycles. The highest BCUT2D eigenvalue weighted by molar-refractivity contribution is 5.75. The fourth-order valence-electron chi connectivity index (χ4n) is 3.79. The van der Waals surface area contributed by atoms with E-state index in [0.717, 1.165) is 19.3 Å². The Labute approximate surface area is 165 Å². The molecule has 1 fully saturated rings. The van der Waals surface area contributed by atoms with E-state index in [-0.39, 0.29) is 25.1 Å². The number of aliphatic hydroxyl groups is 1. The standard InChI is InChI=1S/C22H40O5/c1-3-4-5-6-7-8-9-10-11-12-13-14-15-20-16-22(17-23,27-21(20)25)18-26-19(2)24/h20,23H,3-18H2,1-2H3. The van der Waals surface area contributed by atoms with Crippen LogP contribution in [0, 0.1) is 5.92 Å². The summed E-state index contributed by atoms with van der Waals surface area (Å²) in [5.74, 6) is -0.876. The number of esters is 2. The summed E-state index contributed by atoms with van der Waals surface area (Å²) in [5.41, 5.74) is -1.04. The van der Waals surface area contributed by atoms with Gasteiger partial charge in [-0.25, -0.2) is 0 Å². The average Bonchev–Trinajstić information content (AvgIpc) is 2.97. The highest BCUT2D eigenvalue weighted by Gasteiger charge is 2.47. The number of cyclic esters (lactones) is 1. The second-order valence-corrected chi connectivity index (χ2v) is 8.12. The van der Waals surface area contributed by atoms with Gasteiger partial charge >= 0.3 is 11.9 Å². The minimum Gasteiger partial charge on any atom is -0.462 e. The van der Waals surface area contributed by atoms with Crippen LogP contribution in [-0.4, -0.2) is 35.9 Å². The van der Waals surface area contributed by atoms with Crippen LogP contribution >= 0.6 is 0 Å². The van der Waals surface area contributed by atoms with Crippen molar-refractivity contribution in [1.82, 2.24) is 0 Å². The molecule has 0 saturated carbocycles. The summed E-state index contributed by atoms with van der Waals surface area (Å²) in [6.07, 6.45) is 16.7. The number of hydrogen-bond acceptors (Lipinski definition) is 5. The Morgan fingerprint density at radius 2 is 1.56 bits per heavy atom. The molecule has 0 bridgehead atoms. The van der Waals surface area contributed by atoms with Crippen LogP contribution < -0.4 is 0 Å². The maximum Gasteiger partial charge on any atom is 0.309 e. The second kappa shape index (κ2) is 14.0. The van der Waals surface area contributed by atoms with Crippen LogP contribution in [0.25, 0.3) is 0 Å². The summed E-state index contributed by atoms with van der Waals surface area (Å²) >= 11 is 0. The first-order valence-electron chi connectivity index (χ1n) is 11.0. The molecule has 0 aromatic carbocycles. The molecule has 1 aliphatic rings. The zero-order valence-electron chi connectivity index (χ0n) is 17.5. The summed E-state index contributed by atoms with van der Waals surface area (Å²) in [5, 5.41) is 9.57. The van der Waals surface area contributed by atoms with Gasteiger partial charge < -0.3 is 14.6 Å². The molecule has 1 rings (SSSR count). The molecule has 0 aromatic rings. The SMILES string of the molecule is CCCCCCCCCCCCCCC1CC(CO)(COC(C)=O)OC1=O. The van der Waals surface area contributed by atoms with E-state index in [1.807, 2.05) is 0 Å². The molecule has 5 heteroatoms. The van der Waals surface area contributed by atoms with Gasteiger partial charge in [0.15, 0.2) is 5.60 Å². The Bertz CT molecular complexity index is 423. The first-order valence-corrected chi connectivity index (χ1v) is 11.0. The minimum absolute atomic E-state index is 0.0560. The predicted octanol–water partition coefficient (Wildman–Crippen LogP) is 4.93. The Morgan fingerprint density at radius 1 is 1.04 bits per heavy atom. The highest BCUT2D eigenvalue weighted by Crippen LogP contribution is 2.34. The fraction of sp³-hybridized carbons (Fsp3) is 0.909. The van der Waals surface area contributed by atoms with Gasteiger partial charge in [-0.3, -0.25) is 9.59 Å². The van der Waals surface area contributed by atoms with Crippen molar-refractivity contribution in [2.45, 2.75) is 109 Å². The van der Waals surface area contributed by atoms with Gasteiger partial charge in [-0.05, 0) is 6.42 Å². The van der Waals surface area contributed by atoms with Crippen molar-refractivity contribution in [1.29, 1.82) is 0 Å². The van der Waals surface area contributed by atoms with Crippen molar-refractivity contribution in [3.63, 3.8) is 0 Å². The first-order chi connectivity index (χ1) is 13.0. The number of unbranched alkanes of at least 4 members (excludes halogenated alkanes) is 11. The number of ether oxygens (including phenoxy) is 2. The lowest BCUT2D eigenvalue weighted by atomic mass is 9.91. The van der Waals surface area contributed by atoms with E-state index in [0.29, 0.717) is 6.42 Å². The summed E-state index contributed by atoms with van der Waals surface area (Å²) in [7, 11) is 0. The Kier molecular flexibility index (Phi) is 12.4. The van der Waals surface area contributed by atoms with Gasteiger partial charge in [-0.1, -0.05) is 84.0 Å². The summed E-state index contributed by atoms with van der Waals surface area (Å²) < 4.78 is 10.3. The molecule has 27 heavy (non-hydrogen) atoms. The van der Waals surface area contributed by atoms with Crippen LogP contribution in [0.2, 0.25) is 0 Å². The van der Waals surface area contributed by atoms with Crippen LogP contribution in [0.3, 0.4) is 0 Å².